The number of ether oxygens (including phenoxy) is 1. The van der Waals surface area contributed by atoms with Crippen LogP contribution in [-0.2, 0) is 4.74 Å². The molecule has 3 aliphatic heterocycles. The highest BCUT2D eigenvalue weighted by atomic mass is 16.5. The highest BCUT2D eigenvalue weighted by molar-refractivity contribution is 5.80. The van der Waals surface area contributed by atoms with Crippen molar-refractivity contribution in [2.24, 2.45) is 11.1 Å². The summed E-state index contributed by atoms with van der Waals surface area (Å²) in [7, 11) is 0. The molecule has 3 aliphatic rings. The number of aromatic nitrogens is 3. The van der Waals surface area contributed by atoms with E-state index in [-0.39, 0.29) is 17.6 Å². The van der Waals surface area contributed by atoms with E-state index in [1.807, 2.05) is 24.4 Å². The zero-order valence-electron chi connectivity index (χ0n) is 18.4. The summed E-state index contributed by atoms with van der Waals surface area (Å²) in [6, 6.07) is 12.5. The number of piperidine rings is 1. The highest BCUT2D eigenvalue weighted by Crippen LogP contribution is 2.42. The Hall–Kier alpha value is -2.97. The molecule has 0 unspecified atom stereocenters. The number of rotatable bonds is 2. The molecule has 3 N–H and O–H groups in total. The first-order chi connectivity index (χ1) is 15.6. The van der Waals surface area contributed by atoms with Crippen molar-refractivity contribution in [2.75, 3.05) is 47.9 Å². The minimum atomic E-state index is 0.107. The lowest BCUT2D eigenvalue weighted by molar-refractivity contribution is 0.0974. The lowest BCUT2D eigenvalue weighted by atomic mass is 9.73. The van der Waals surface area contributed by atoms with Crippen LogP contribution in [0.15, 0.2) is 42.6 Å². The fraction of sp³-hybridized carbons (Fsp3) is 0.458. The number of nitrogens with one attached hydrogen (secondary N) is 1. The number of nitrogens with zero attached hydrogens (tertiary/aromatic N) is 5. The molecule has 3 aromatic rings. The van der Waals surface area contributed by atoms with Gasteiger partial charge >= 0.3 is 0 Å². The monoisotopic (exact) mass is 431 g/mol. The van der Waals surface area contributed by atoms with Gasteiger partial charge in [-0.2, -0.15) is 0 Å². The molecule has 2 fully saturated rings. The second-order valence-electron chi connectivity index (χ2n) is 9.23. The average molecular weight is 432 g/mol. The molecule has 5 heterocycles. The largest absolute Gasteiger partial charge is 0.382 e. The number of pyridine rings is 1. The number of nitrogens with two attached hydrogens (primary N) is 1. The Kier molecular flexibility index (Phi) is 4.66. The molecule has 0 saturated carbocycles. The summed E-state index contributed by atoms with van der Waals surface area (Å²) in [5.74, 6) is 1.81. The fourth-order valence-electron chi connectivity index (χ4n) is 5.36. The molecule has 2 atom stereocenters. The fourth-order valence-corrected chi connectivity index (χ4v) is 5.36. The first kappa shape index (κ1) is 19.7. The number of fused-ring (bicyclic) bond motifs is 2. The maximum absolute atomic E-state index is 6.46. The van der Waals surface area contributed by atoms with Gasteiger partial charge in [-0.1, -0.05) is 12.1 Å². The average Bonchev–Trinajstić information content (AvgIpc) is 3.12. The number of anilines is 4. The van der Waals surface area contributed by atoms with Gasteiger partial charge in [0.1, 0.15) is 17.2 Å². The van der Waals surface area contributed by atoms with Crippen molar-refractivity contribution in [2.45, 2.75) is 31.9 Å². The summed E-state index contributed by atoms with van der Waals surface area (Å²) in [6.07, 6.45) is 4.05. The first-order valence-electron chi connectivity index (χ1n) is 11.5. The SMILES string of the molecule is C[C@@H]1OCC2(CCN(c3cnc4nc(N5CCNc6ccccc65)ccc4n3)CC2)[C@@H]1N. The Morgan fingerprint density at radius 1 is 1.06 bits per heavy atom. The topological polar surface area (TPSA) is 92.4 Å². The molecule has 6 rings (SSSR count). The molecule has 8 nitrogen and oxygen atoms in total. The van der Waals surface area contributed by atoms with E-state index in [2.05, 4.69) is 45.2 Å². The summed E-state index contributed by atoms with van der Waals surface area (Å²) in [5.41, 5.74) is 10.3. The molecule has 1 spiro atoms. The van der Waals surface area contributed by atoms with Crippen molar-refractivity contribution in [3.63, 3.8) is 0 Å². The molecule has 0 bridgehead atoms. The Bertz CT molecular complexity index is 1140. The van der Waals surface area contributed by atoms with E-state index in [4.69, 9.17) is 20.4 Å². The van der Waals surface area contributed by atoms with Crippen LogP contribution in [0.3, 0.4) is 0 Å². The van der Waals surface area contributed by atoms with Gasteiger partial charge in [-0.15, -0.1) is 0 Å². The summed E-state index contributed by atoms with van der Waals surface area (Å²) >= 11 is 0. The van der Waals surface area contributed by atoms with E-state index >= 15 is 0 Å². The standard InChI is InChI=1S/C24H29N7O/c1-16-22(25)24(15-32-16)8-11-30(12-9-24)21-14-27-23-18(28-21)6-7-20(29-23)31-13-10-26-17-4-2-3-5-19(17)31/h2-7,14,16,22,26H,8-13,15,25H2,1H3/t16-,22+/m0/s1. The predicted octanol–water partition coefficient (Wildman–Crippen LogP) is 2.92. The minimum absolute atomic E-state index is 0.107. The smallest absolute Gasteiger partial charge is 0.180 e. The summed E-state index contributed by atoms with van der Waals surface area (Å²) < 4.78 is 5.85. The van der Waals surface area contributed by atoms with Gasteiger partial charge < -0.3 is 25.6 Å². The van der Waals surface area contributed by atoms with Crippen LogP contribution in [0.5, 0.6) is 0 Å². The van der Waals surface area contributed by atoms with Gasteiger partial charge in [-0.05, 0) is 44.0 Å². The molecule has 166 valence electrons. The van der Waals surface area contributed by atoms with Crippen LogP contribution in [0.1, 0.15) is 19.8 Å². The number of hydrogen-bond acceptors (Lipinski definition) is 8. The second-order valence-corrected chi connectivity index (χ2v) is 9.23. The molecule has 32 heavy (non-hydrogen) atoms. The molecular formula is C24H29N7O. The lowest BCUT2D eigenvalue weighted by Crippen LogP contribution is -2.50. The van der Waals surface area contributed by atoms with Gasteiger partial charge in [0.05, 0.1) is 30.3 Å². The zero-order chi connectivity index (χ0) is 21.7. The Morgan fingerprint density at radius 2 is 1.91 bits per heavy atom. The zero-order valence-corrected chi connectivity index (χ0v) is 18.4. The number of hydrogen-bond donors (Lipinski definition) is 2. The van der Waals surface area contributed by atoms with Crippen molar-refractivity contribution < 1.29 is 4.74 Å². The van der Waals surface area contributed by atoms with Crippen molar-refractivity contribution in [3.05, 3.63) is 42.6 Å². The quantitative estimate of drug-likeness (QED) is 0.640. The minimum Gasteiger partial charge on any atom is -0.382 e. The van der Waals surface area contributed by atoms with Crippen LogP contribution in [0.4, 0.5) is 23.0 Å². The third-order valence-corrected chi connectivity index (χ3v) is 7.43. The van der Waals surface area contributed by atoms with Gasteiger partial charge in [0.15, 0.2) is 5.65 Å². The van der Waals surface area contributed by atoms with Gasteiger partial charge in [0.2, 0.25) is 0 Å². The number of para-hydroxylation sites is 2. The van der Waals surface area contributed by atoms with E-state index in [0.29, 0.717) is 5.65 Å². The van der Waals surface area contributed by atoms with E-state index in [9.17, 15) is 0 Å². The van der Waals surface area contributed by atoms with Crippen molar-refractivity contribution in [1.82, 2.24) is 15.0 Å². The normalized spacial score (nSPS) is 24.6. The van der Waals surface area contributed by atoms with Crippen LogP contribution in [0.2, 0.25) is 0 Å². The van der Waals surface area contributed by atoms with Crippen molar-refractivity contribution in [1.29, 1.82) is 0 Å². The summed E-state index contributed by atoms with van der Waals surface area (Å²) in [5, 5.41) is 3.45. The van der Waals surface area contributed by atoms with Crippen LogP contribution >= 0.6 is 0 Å². The highest BCUT2D eigenvalue weighted by Gasteiger charge is 2.47. The van der Waals surface area contributed by atoms with Crippen molar-refractivity contribution in [3.8, 4) is 0 Å². The van der Waals surface area contributed by atoms with Crippen LogP contribution in [0, 0.1) is 5.41 Å². The molecule has 8 heteroatoms. The molecule has 1 aromatic carbocycles. The molecule has 2 saturated heterocycles. The molecule has 0 aliphatic carbocycles. The maximum atomic E-state index is 6.46. The third kappa shape index (κ3) is 3.17. The van der Waals surface area contributed by atoms with Crippen LogP contribution < -0.4 is 20.9 Å². The lowest BCUT2D eigenvalue weighted by Gasteiger charge is -2.41. The van der Waals surface area contributed by atoms with Gasteiger partial charge in [0, 0.05) is 37.6 Å². The Morgan fingerprint density at radius 3 is 2.72 bits per heavy atom. The van der Waals surface area contributed by atoms with Crippen molar-refractivity contribution >= 4 is 34.2 Å². The molecule has 2 aromatic heterocycles. The Labute approximate surface area is 187 Å². The van der Waals surface area contributed by atoms with Crippen LogP contribution in [0.25, 0.3) is 11.2 Å². The third-order valence-electron chi connectivity index (χ3n) is 7.43. The van der Waals surface area contributed by atoms with Gasteiger partial charge in [0.25, 0.3) is 0 Å². The van der Waals surface area contributed by atoms with E-state index in [1.165, 1.54) is 0 Å². The summed E-state index contributed by atoms with van der Waals surface area (Å²) in [6.45, 7) is 6.45. The first-order valence-corrected chi connectivity index (χ1v) is 11.5. The number of benzene rings is 1. The van der Waals surface area contributed by atoms with E-state index < -0.39 is 0 Å². The Balaban J connectivity index is 1.23. The van der Waals surface area contributed by atoms with Crippen LogP contribution in [-0.4, -0.2) is 59.9 Å². The van der Waals surface area contributed by atoms with Gasteiger partial charge in [-0.25, -0.2) is 15.0 Å². The molecule has 0 amide bonds. The maximum Gasteiger partial charge on any atom is 0.180 e. The van der Waals surface area contributed by atoms with E-state index in [1.54, 1.807) is 0 Å². The second kappa shape index (κ2) is 7.56. The molecular weight excluding hydrogens is 402 g/mol. The predicted molar refractivity (Wildman–Crippen MR) is 127 cm³/mol. The summed E-state index contributed by atoms with van der Waals surface area (Å²) in [4.78, 5) is 18.9. The van der Waals surface area contributed by atoms with E-state index in [0.717, 1.165) is 74.2 Å². The van der Waals surface area contributed by atoms with Gasteiger partial charge in [-0.3, -0.25) is 0 Å². The molecule has 0 radical (unpaired) electrons.